The molecule has 2 heterocycles. The molecule has 0 radical (unpaired) electrons. The monoisotopic (exact) mass is 141 g/mol. The molecule has 0 amide bonds. The zero-order valence-corrected chi connectivity index (χ0v) is 5.76. The first-order valence-corrected chi connectivity index (χ1v) is 3.58. The van der Waals surface area contributed by atoms with Gasteiger partial charge in [-0.05, 0) is 6.08 Å². The van der Waals surface area contributed by atoms with E-state index >= 15 is 0 Å². The first-order chi connectivity index (χ1) is 4.81. The van der Waals surface area contributed by atoms with E-state index in [9.17, 15) is 5.11 Å². The largest absolute Gasteiger partial charge is 0.495 e. The number of β-amino-alcohol motifs (C(OH)–C–C–N with tert-alkyl or cyclic N) is 1. The third-order valence-electron chi connectivity index (χ3n) is 2.00. The first-order valence-electron chi connectivity index (χ1n) is 3.58. The predicted octanol–water partition coefficient (Wildman–Crippen LogP) is -0.375. The van der Waals surface area contributed by atoms with E-state index in [0.717, 1.165) is 18.8 Å². The van der Waals surface area contributed by atoms with Crippen molar-refractivity contribution in [3.8, 4) is 0 Å². The summed E-state index contributed by atoms with van der Waals surface area (Å²) in [7, 11) is 0. The van der Waals surface area contributed by atoms with E-state index < -0.39 is 5.60 Å². The molecule has 1 saturated heterocycles. The molecule has 0 bridgehead atoms. The second kappa shape index (κ2) is 1.97. The van der Waals surface area contributed by atoms with Crippen LogP contribution in [0.2, 0.25) is 0 Å². The highest BCUT2D eigenvalue weighted by Gasteiger charge is 2.40. The molecule has 0 saturated carbocycles. The Morgan fingerprint density at radius 1 is 1.60 bits per heavy atom. The predicted molar refractivity (Wildman–Crippen MR) is 36.5 cm³/mol. The van der Waals surface area contributed by atoms with Crippen LogP contribution in [0.4, 0.5) is 0 Å². The van der Waals surface area contributed by atoms with Crippen LogP contribution in [0.3, 0.4) is 0 Å². The Kier molecular flexibility index (Phi) is 1.22. The SMILES string of the molecule is OC1(C2=CCCO2)CNC1. The molecule has 0 atom stereocenters. The van der Waals surface area contributed by atoms with Gasteiger partial charge in [0.25, 0.3) is 0 Å². The number of aliphatic hydroxyl groups is 1. The van der Waals surface area contributed by atoms with Crippen molar-refractivity contribution in [2.45, 2.75) is 12.0 Å². The molecule has 0 aliphatic carbocycles. The van der Waals surface area contributed by atoms with Gasteiger partial charge in [-0.1, -0.05) is 0 Å². The van der Waals surface area contributed by atoms with E-state index in [1.807, 2.05) is 6.08 Å². The molecule has 2 N–H and O–H groups in total. The third-order valence-corrected chi connectivity index (χ3v) is 2.00. The normalized spacial score (nSPS) is 28.7. The fourth-order valence-corrected chi connectivity index (χ4v) is 1.28. The van der Waals surface area contributed by atoms with Crippen LogP contribution in [0, 0.1) is 0 Å². The highest BCUT2D eigenvalue weighted by atomic mass is 16.5. The fraction of sp³-hybridized carbons (Fsp3) is 0.714. The molecule has 3 nitrogen and oxygen atoms in total. The van der Waals surface area contributed by atoms with Gasteiger partial charge in [-0.15, -0.1) is 0 Å². The van der Waals surface area contributed by atoms with E-state index in [1.165, 1.54) is 0 Å². The molecule has 0 unspecified atom stereocenters. The van der Waals surface area contributed by atoms with Crippen LogP contribution >= 0.6 is 0 Å². The van der Waals surface area contributed by atoms with Gasteiger partial charge in [-0.25, -0.2) is 0 Å². The Morgan fingerprint density at radius 3 is 2.80 bits per heavy atom. The summed E-state index contributed by atoms with van der Waals surface area (Å²) in [5.41, 5.74) is -0.670. The van der Waals surface area contributed by atoms with Crippen molar-refractivity contribution in [1.82, 2.24) is 5.32 Å². The van der Waals surface area contributed by atoms with Crippen molar-refractivity contribution in [3.63, 3.8) is 0 Å². The molecular formula is C7H11NO2. The summed E-state index contributed by atoms with van der Waals surface area (Å²) in [6, 6.07) is 0. The van der Waals surface area contributed by atoms with Crippen molar-refractivity contribution >= 4 is 0 Å². The molecule has 10 heavy (non-hydrogen) atoms. The van der Waals surface area contributed by atoms with Crippen molar-refractivity contribution in [3.05, 3.63) is 11.8 Å². The minimum Gasteiger partial charge on any atom is -0.495 e. The van der Waals surface area contributed by atoms with E-state index in [2.05, 4.69) is 5.32 Å². The smallest absolute Gasteiger partial charge is 0.146 e. The lowest BCUT2D eigenvalue weighted by atomic mass is 9.95. The second-order valence-corrected chi connectivity index (χ2v) is 2.84. The Hall–Kier alpha value is -0.540. The summed E-state index contributed by atoms with van der Waals surface area (Å²) in [4.78, 5) is 0. The van der Waals surface area contributed by atoms with Gasteiger partial charge >= 0.3 is 0 Å². The van der Waals surface area contributed by atoms with E-state index in [0.29, 0.717) is 13.1 Å². The minimum atomic E-state index is -0.670. The highest BCUT2D eigenvalue weighted by molar-refractivity contribution is 5.19. The summed E-state index contributed by atoms with van der Waals surface area (Å²) < 4.78 is 5.23. The van der Waals surface area contributed by atoms with E-state index in [-0.39, 0.29) is 0 Å². The number of nitrogens with one attached hydrogen (secondary N) is 1. The number of rotatable bonds is 1. The summed E-state index contributed by atoms with van der Waals surface area (Å²) in [5.74, 6) is 0.770. The highest BCUT2D eigenvalue weighted by Crippen LogP contribution is 2.26. The zero-order valence-electron chi connectivity index (χ0n) is 5.76. The lowest BCUT2D eigenvalue weighted by Crippen LogP contribution is -2.60. The van der Waals surface area contributed by atoms with Crippen molar-refractivity contribution < 1.29 is 9.84 Å². The zero-order chi connectivity index (χ0) is 7.03. The van der Waals surface area contributed by atoms with Crippen molar-refractivity contribution in [1.29, 1.82) is 0 Å². The van der Waals surface area contributed by atoms with Crippen LogP contribution < -0.4 is 5.32 Å². The van der Waals surface area contributed by atoms with E-state index in [4.69, 9.17) is 4.74 Å². The molecule has 2 rings (SSSR count). The van der Waals surface area contributed by atoms with E-state index in [1.54, 1.807) is 0 Å². The molecule has 2 aliphatic rings. The van der Waals surface area contributed by atoms with Gasteiger partial charge in [0.15, 0.2) is 0 Å². The molecule has 3 heteroatoms. The number of hydrogen-bond donors (Lipinski definition) is 2. The molecule has 56 valence electrons. The van der Waals surface area contributed by atoms with Crippen LogP contribution in [0.15, 0.2) is 11.8 Å². The lowest BCUT2D eigenvalue weighted by molar-refractivity contribution is -0.0211. The van der Waals surface area contributed by atoms with Crippen molar-refractivity contribution in [2.24, 2.45) is 0 Å². The minimum absolute atomic E-state index is 0.638. The molecule has 1 fully saturated rings. The molecule has 0 aromatic heterocycles. The van der Waals surface area contributed by atoms with Gasteiger partial charge in [0, 0.05) is 19.5 Å². The van der Waals surface area contributed by atoms with Crippen molar-refractivity contribution in [2.75, 3.05) is 19.7 Å². The Morgan fingerprint density at radius 2 is 2.40 bits per heavy atom. The summed E-state index contributed by atoms with van der Waals surface area (Å²) >= 11 is 0. The maximum Gasteiger partial charge on any atom is 0.146 e. The summed E-state index contributed by atoms with van der Waals surface area (Å²) in [6.45, 7) is 2.01. The topological polar surface area (TPSA) is 41.5 Å². The third kappa shape index (κ3) is 0.744. The number of ether oxygens (including phenoxy) is 1. The van der Waals surface area contributed by atoms with Crippen LogP contribution in [0.5, 0.6) is 0 Å². The van der Waals surface area contributed by atoms with Gasteiger partial charge in [0.05, 0.1) is 6.61 Å². The average molecular weight is 141 g/mol. The molecule has 0 spiro atoms. The Balaban J connectivity index is 2.09. The van der Waals surface area contributed by atoms with Crippen LogP contribution in [0.25, 0.3) is 0 Å². The van der Waals surface area contributed by atoms with Gasteiger partial charge in [0.2, 0.25) is 0 Å². The molecule has 0 aromatic carbocycles. The van der Waals surface area contributed by atoms with Gasteiger partial charge < -0.3 is 15.2 Å². The maximum absolute atomic E-state index is 9.65. The molecule has 0 aromatic rings. The Labute approximate surface area is 59.7 Å². The molecular weight excluding hydrogens is 130 g/mol. The summed E-state index contributed by atoms with van der Waals surface area (Å²) in [6.07, 6.45) is 2.92. The number of hydrogen-bond acceptors (Lipinski definition) is 3. The quantitative estimate of drug-likeness (QED) is 0.523. The first kappa shape index (κ1) is 6.19. The Bertz CT molecular complexity index is 172. The standard InChI is InChI=1S/C7H11NO2/c9-7(4-8-5-7)6-2-1-3-10-6/h2,8-9H,1,3-5H2. The van der Waals surface area contributed by atoms with Crippen LogP contribution in [-0.4, -0.2) is 30.4 Å². The van der Waals surface area contributed by atoms with Gasteiger partial charge in [0.1, 0.15) is 11.4 Å². The van der Waals surface area contributed by atoms with Gasteiger partial charge in [-0.2, -0.15) is 0 Å². The second-order valence-electron chi connectivity index (χ2n) is 2.84. The maximum atomic E-state index is 9.65. The van der Waals surface area contributed by atoms with Gasteiger partial charge in [-0.3, -0.25) is 0 Å². The van der Waals surface area contributed by atoms with Crippen LogP contribution in [0.1, 0.15) is 6.42 Å². The van der Waals surface area contributed by atoms with Crippen LogP contribution in [-0.2, 0) is 4.74 Å². The summed E-state index contributed by atoms with van der Waals surface area (Å²) in [5, 5.41) is 12.7. The lowest BCUT2D eigenvalue weighted by Gasteiger charge is -2.37. The molecule has 2 aliphatic heterocycles. The average Bonchev–Trinajstić information content (AvgIpc) is 2.33. The fourth-order valence-electron chi connectivity index (χ4n) is 1.28.